The number of halogens is 1. The van der Waals surface area contributed by atoms with E-state index in [0.717, 1.165) is 31.9 Å². The zero-order valence-corrected chi connectivity index (χ0v) is 18.0. The summed E-state index contributed by atoms with van der Waals surface area (Å²) in [5.74, 6) is 0.776. The van der Waals surface area contributed by atoms with Gasteiger partial charge in [0.25, 0.3) is 5.91 Å². The Labute approximate surface area is 176 Å². The van der Waals surface area contributed by atoms with Crippen LogP contribution in [-0.4, -0.2) is 55.8 Å². The summed E-state index contributed by atoms with van der Waals surface area (Å²) in [6, 6.07) is 13.3. The molecule has 0 saturated carbocycles. The number of amides is 1. The van der Waals surface area contributed by atoms with Crippen LogP contribution in [0.4, 0.5) is 10.1 Å². The van der Waals surface area contributed by atoms with Crippen LogP contribution in [-0.2, 0) is 4.79 Å². The molecule has 2 aromatic carbocycles. The highest BCUT2D eigenvalue weighted by Crippen LogP contribution is 2.38. The van der Waals surface area contributed by atoms with Gasteiger partial charge >= 0.3 is 0 Å². The molecule has 4 rings (SSSR count). The Bertz CT molecular complexity index is 882. The third-order valence-corrected chi connectivity index (χ3v) is 7.41. The van der Waals surface area contributed by atoms with E-state index in [1.807, 2.05) is 11.0 Å². The van der Waals surface area contributed by atoms with Crippen LogP contribution < -0.4 is 9.80 Å². The van der Waals surface area contributed by atoms with Gasteiger partial charge in [-0.3, -0.25) is 4.79 Å². The Morgan fingerprint density at radius 3 is 2.62 bits per heavy atom. The summed E-state index contributed by atoms with van der Waals surface area (Å²) in [6.07, 6.45) is 0. The van der Waals surface area contributed by atoms with Crippen molar-refractivity contribution in [1.82, 2.24) is 4.90 Å². The van der Waals surface area contributed by atoms with E-state index in [0.29, 0.717) is 18.7 Å². The van der Waals surface area contributed by atoms with Crippen LogP contribution in [0.15, 0.2) is 42.5 Å². The number of hydrogen-bond acceptors (Lipinski definition) is 3. The van der Waals surface area contributed by atoms with E-state index < -0.39 is 0 Å². The number of nitrogens with zero attached hydrogens (tertiary/aromatic N) is 2. The summed E-state index contributed by atoms with van der Waals surface area (Å²) in [4.78, 5) is 18.6. The smallest absolute Gasteiger partial charge is 0.278 e. The Morgan fingerprint density at radius 1 is 1.10 bits per heavy atom. The summed E-state index contributed by atoms with van der Waals surface area (Å²) in [6.45, 7) is 9.34. The number of aryl methyl sites for hydroxylation is 1. The number of benzene rings is 2. The number of nitrogens with one attached hydrogen (secondary N) is 1. The minimum Gasteiger partial charge on any atom is -0.360 e. The molecule has 2 saturated heterocycles. The molecule has 0 spiro atoms. The first-order valence-electron chi connectivity index (χ1n) is 10.3. The van der Waals surface area contributed by atoms with Crippen molar-refractivity contribution in [3.8, 4) is 0 Å². The molecule has 6 heteroatoms. The number of hydrogen-bond donors (Lipinski definition) is 1. The minimum absolute atomic E-state index is 0.137. The maximum absolute atomic E-state index is 14.2. The molecule has 2 heterocycles. The molecule has 2 fully saturated rings. The summed E-state index contributed by atoms with van der Waals surface area (Å²) in [7, 11) is 0. The fourth-order valence-corrected chi connectivity index (χ4v) is 5.59. The van der Waals surface area contributed by atoms with Gasteiger partial charge in [0.05, 0.1) is 26.2 Å². The van der Waals surface area contributed by atoms with Crippen LogP contribution >= 0.6 is 11.8 Å². The van der Waals surface area contributed by atoms with Gasteiger partial charge in [-0.05, 0) is 37.1 Å². The molecule has 1 atom stereocenters. The second-order valence-electron chi connectivity index (χ2n) is 7.96. The molecule has 0 bridgehead atoms. The lowest BCUT2D eigenvalue weighted by atomic mass is 10.1. The molecular formula is C23H29FN3OS+. The maximum Gasteiger partial charge on any atom is 0.278 e. The number of carbonyl (C=O) groups is 1. The van der Waals surface area contributed by atoms with Gasteiger partial charge < -0.3 is 14.7 Å². The van der Waals surface area contributed by atoms with Crippen molar-refractivity contribution in [2.45, 2.75) is 19.2 Å². The predicted molar refractivity (Wildman–Crippen MR) is 117 cm³/mol. The van der Waals surface area contributed by atoms with Crippen molar-refractivity contribution < 1.29 is 14.1 Å². The topological polar surface area (TPSA) is 28.0 Å². The van der Waals surface area contributed by atoms with Gasteiger partial charge in [0, 0.05) is 23.5 Å². The quantitative estimate of drug-likeness (QED) is 0.833. The van der Waals surface area contributed by atoms with Gasteiger partial charge in [-0.15, -0.1) is 11.8 Å². The standard InChI is InChI=1S/C23H28FN3OS/c1-17-6-5-9-21(18(17)2)26-12-10-25(11-13-26)16-22(28)27-14-15-29-23(27)19-7-3-4-8-20(19)24/h3-9,23H,10-16H2,1-2H3/p+1/t23-/m0/s1. The maximum atomic E-state index is 14.2. The molecule has 2 aliphatic heterocycles. The molecule has 154 valence electrons. The average Bonchev–Trinajstić information content (AvgIpc) is 3.21. The van der Waals surface area contributed by atoms with Crippen molar-refractivity contribution in [3.63, 3.8) is 0 Å². The first kappa shape index (κ1) is 20.2. The van der Waals surface area contributed by atoms with Crippen molar-refractivity contribution in [1.29, 1.82) is 0 Å². The van der Waals surface area contributed by atoms with Crippen LogP contribution in [0.1, 0.15) is 22.1 Å². The zero-order chi connectivity index (χ0) is 20.4. The molecule has 0 aromatic heterocycles. The molecule has 2 aromatic rings. The second kappa shape index (κ2) is 8.76. The van der Waals surface area contributed by atoms with Crippen molar-refractivity contribution in [2.75, 3.05) is 49.9 Å². The van der Waals surface area contributed by atoms with Gasteiger partial charge in [-0.1, -0.05) is 30.3 Å². The van der Waals surface area contributed by atoms with E-state index >= 15 is 0 Å². The largest absolute Gasteiger partial charge is 0.360 e. The van der Waals surface area contributed by atoms with Crippen LogP contribution in [0, 0.1) is 19.7 Å². The first-order valence-corrected chi connectivity index (χ1v) is 11.4. The highest BCUT2D eigenvalue weighted by Gasteiger charge is 2.34. The fraction of sp³-hybridized carbons (Fsp3) is 0.435. The van der Waals surface area contributed by atoms with Crippen molar-refractivity contribution in [2.24, 2.45) is 0 Å². The van der Waals surface area contributed by atoms with Gasteiger partial charge in [0.2, 0.25) is 0 Å². The molecule has 29 heavy (non-hydrogen) atoms. The molecule has 2 aliphatic rings. The van der Waals surface area contributed by atoms with Crippen molar-refractivity contribution in [3.05, 3.63) is 65.0 Å². The van der Waals surface area contributed by atoms with Gasteiger partial charge in [-0.2, -0.15) is 0 Å². The summed E-state index contributed by atoms with van der Waals surface area (Å²) in [5, 5.41) is -0.195. The highest BCUT2D eigenvalue weighted by molar-refractivity contribution is 7.99. The third kappa shape index (κ3) is 4.28. The van der Waals surface area contributed by atoms with E-state index in [9.17, 15) is 9.18 Å². The minimum atomic E-state index is -0.223. The SMILES string of the molecule is Cc1cccc(N2CC[NH+](CC(=O)N3CCS[C@H]3c3ccccc3F)CC2)c1C. The molecule has 1 N–H and O–H groups in total. The Kier molecular flexibility index (Phi) is 6.11. The number of carbonyl (C=O) groups excluding carboxylic acids is 1. The molecule has 0 aliphatic carbocycles. The van der Waals surface area contributed by atoms with Crippen LogP contribution in [0.5, 0.6) is 0 Å². The van der Waals surface area contributed by atoms with Gasteiger partial charge in [0.1, 0.15) is 11.2 Å². The molecule has 0 unspecified atom stereocenters. The highest BCUT2D eigenvalue weighted by atomic mass is 32.2. The number of rotatable bonds is 4. The molecule has 1 amide bonds. The number of quaternary nitrogens is 1. The fourth-order valence-electron chi connectivity index (χ4n) is 4.29. The normalized spacial score (nSPS) is 20.3. The second-order valence-corrected chi connectivity index (χ2v) is 9.15. The number of anilines is 1. The van der Waals surface area contributed by atoms with Crippen LogP contribution in [0.25, 0.3) is 0 Å². The third-order valence-electron chi connectivity index (χ3n) is 6.17. The lowest BCUT2D eigenvalue weighted by Gasteiger charge is -2.35. The van der Waals surface area contributed by atoms with Crippen LogP contribution in [0.2, 0.25) is 0 Å². The molecule has 4 nitrogen and oxygen atoms in total. The summed E-state index contributed by atoms with van der Waals surface area (Å²) < 4.78 is 14.2. The lowest BCUT2D eigenvalue weighted by molar-refractivity contribution is -0.892. The zero-order valence-electron chi connectivity index (χ0n) is 17.2. The van der Waals surface area contributed by atoms with E-state index in [1.54, 1.807) is 23.9 Å². The van der Waals surface area contributed by atoms with Crippen LogP contribution in [0.3, 0.4) is 0 Å². The average molecular weight is 415 g/mol. The van der Waals surface area contributed by atoms with E-state index in [2.05, 4.69) is 36.9 Å². The van der Waals surface area contributed by atoms with E-state index in [-0.39, 0.29) is 17.1 Å². The first-order chi connectivity index (χ1) is 14.0. The number of thioether (sulfide) groups is 1. The predicted octanol–water partition coefficient (Wildman–Crippen LogP) is 2.42. The van der Waals surface area contributed by atoms with Gasteiger partial charge in [-0.25, -0.2) is 4.39 Å². The molecule has 0 radical (unpaired) electrons. The lowest BCUT2D eigenvalue weighted by Crippen LogP contribution is -3.15. The Balaban J connectivity index is 1.36. The molecular weight excluding hydrogens is 385 g/mol. The van der Waals surface area contributed by atoms with E-state index in [1.165, 1.54) is 27.8 Å². The van der Waals surface area contributed by atoms with Crippen molar-refractivity contribution >= 4 is 23.4 Å². The summed E-state index contributed by atoms with van der Waals surface area (Å²) in [5.41, 5.74) is 4.59. The summed E-state index contributed by atoms with van der Waals surface area (Å²) >= 11 is 1.66. The Morgan fingerprint density at radius 2 is 1.86 bits per heavy atom. The van der Waals surface area contributed by atoms with E-state index in [4.69, 9.17) is 0 Å². The van der Waals surface area contributed by atoms with Gasteiger partial charge in [0.15, 0.2) is 6.54 Å². The number of piperazine rings is 1. The Hall–Kier alpha value is -2.05. The monoisotopic (exact) mass is 414 g/mol.